The van der Waals surface area contributed by atoms with Crippen molar-refractivity contribution in [3.8, 4) is 0 Å². The Kier molecular flexibility index (Phi) is 11.9. The van der Waals surface area contributed by atoms with Crippen LogP contribution in [0.15, 0.2) is 0 Å². The number of halogens is 2. The molecule has 0 bridgehead atoms. The molecule has 0 heterocycles. The Bertz CT molecular complexity index is 164. The minimum atomic E-state index is -4.40. The van der Waals surface area contributed by atoms with Crippen molar-refractivity contribution >= 4 is 33.9 Å². The molecule has 0 spiro atoms. The summed E-state index contributed by atoms with van der Waals surface area (Å²) in [5.41, 5.74) is 0. The van der Waals surface area contributed by atoms with Crippen LogP contribution >= 0.6 is 23.5 Å². The first-order chi connectivity index (χ1) is 5.47. The maximum atomic E-state index is 9.20. The maximum Gasteiger partial charge on any atom is 0.413 e. The average molecular weight is 239 g/mol. The van der Waals surface area contributed by atoms with Gasteiger partial charge in [-0.3, -0.25) is 4.55 Å². The Labute approximate surface area is 82.9 Å². The van der Waals surface area contributed by atoms with Gasteiger partial charge < -0.3 is 0 Å². The predicted molar refractivity (Wildman–Crippen MR) is 48.7 cm³/mol. The molecule has 0 rings (SSSR count). The molecule has 0 aromatic rings. The van der Waals surface area contributed by atoms with Gasteiger partial charge in [0.05, 0.1) is 11.9 Å². The predicted octanol–water partition coefficient (Wildman–Crippen LogP) is 2.38. The minimum absolute atomic E-state index is 0.827. The van der Waals surface area contributed by atoms with E-state index in [0.717, 1.165) is 5.88 Å². The zero-order valence-corrected chi connectivity index (χ0v) is 8.99. The zero-order chi connectivity index (χ0) is 10.0. The van der Waals surface area contributed by atoms with Crippen LogP contribution in [0.4, 0.5) is 0 Å². The van der Waals surface area contributed by atoms with Crippen molar-refractivity contribution in [1.29, 1.82) is 0 Å². The topological polar surface area (TPSA) is 63.6 Å². The summed E-state index contributed by atoms with van der Waals surface area (Å²) in [7, 11) is -4.40. The molecule has 1 N–H and O–H groups in total. The molecule has 0 atom stereocenters. The first-order valence-electron chi connectivity index (χ1n) is 3.31. The number of unbranched alkanes of at least 4 members (excludes halogenated alkanes) is 2. The summed E-state index contributed by atoms with van der Waals surface area (Å²) in [6.45, 7) is 2.17. The molecule has 7 heteroatoms. The summed E-state index contributed by atoms with van der Waals surface area (Å²) in [4.78, 5) is 0. The second-order valence-corrected chi connectivity index (χ2v) is 3.62. The number of hydrogen-bond acceptors (Lipinski definition) is 3. The van der Waals surface area contributed by atoms with E-state index in [9.17, 15) is 8.42 Å². The summed E-state index contributed by atoms with van der Waals surface area (Å²) < 4.78 is 28.8. The van der Waals surface area contributed by atoms with Crippen molar-refractivity contribution in [3.63, 3.8) is 0 Å². The van der Waals surface area contributed by atoms with Crippen LogP contribution in [0.2, 0.25) is 0 Å². The van der Waals surface area contributed by atoms with Gasteiger partial charge >= 0.3 is 10.4 Å². The molecule has 0 amide bonds. The molecule has 0 radical (unpaired) electrons. The number of alkyl halides is 1. The molecule has 0 aromatic heterocycles. The molecule has 0 unspecified atom stereocenters. The molecular weight excluding hydrogens is 227 g/mol. The van der Waals surface area contributed by atoms with E-state index in [1.807, 2.05) is 0 Å². The standard InChI is InChI=1S/C5H11Cl.ClHO4S/c1-2-3-4-5-6;1-5-6(2,3)4/h2-5H2,1H3;(H,2,3,4). The van der Waals surface area contributed by atoms with Crippen LogP contribution in [0.25, 0.3) is 0 Å². The third-order valence-electron chi connectivity index (χ3n) is 0.817. The molecule has 76 valence electrons. The number of hydrogen-bond donors (Lipinski definition) is 1. The van der Waals surface area contributed by atoms with Gasteiger partial charge in [-0.2, -0.15) is 8.42 Å². The molecule has 0 saturated heterocycles. The van der Waals surface area contributed by atoms with Crippen LogP contribution in [-0.2, 0) is 14.1 Å². The Balaban J connectivity index is 0. The minimum Gasteiger partial charge on any atom is -0.263 e. The van der Waals surface area contributed by atoms with E-state index in [1.165, 1.54) is 19.3 Å². The fourth-order valence-corrected chi connectivity index (χ4v) is 0.533. The third-order valence-corrected chi connectivity index (χ3v) is 1.72. The quantitative estimate of drug-likeness (QED) is 0.464. The Morgan fingerprint density at radius 1 is 1.42 bits per heavy atom. The SMILES string of the molecule is CCCCCCl.O=S(=O)(O)OCl. The molecule has 0 aromatic carbocycles. The van der Waals surface area contributed by atoms with Gasteiger partial charge in [-0.05, 0) is 6.42 Å². The van der Waals surface area contributed by atoms with Crippen molar-refractivity contribution in [3.05, 3.63) is 0 Å². The lowest BCUT2D eigenvalue weighted by Gasteiger charge is -1.84. The van der Waals surface area contributed by atoms with Crippen LogP contribution in [0.5, 0.6) is 0 Å². The van der Waals surface area contributed by atoms with Gasteiger partial charge in [0.15, 0.2) is 0 Å². The highest BCUT2D eigenvalue weighted by atomic mass is 35.5. The molecule has 0 aliphatic rings. The Morgan fingerprint density at radius 2 is 1.83 bits per heavy atom. The van der Waals surface area contributed by atoms with Gasteiger partial charge in [-0.25, -0.2) is 0 Å². The van der Waals surface area contributed by atoms with Crippen molar-refractivity contribution in [2.75, 3.05) is 5.88 Å². The molecule has 0 saturated carbocycles. The van der Waals surface area contributed by atoms with Crippen LogP contribution < -0.4 is 0 Å². The van der Waals surface area contributed by atoms with E-state index >= 15 is 0 Å². The van der Waals surface area contributed by atoms with E-state index in [0.29, 0.717) is 0 Å². The summed E-state index contributed by atoms with van der Waals surface area (Å²) in [6, 6.07) is 0. The van der Waals surface area contributed by atoms with Gasteiger partial charge in [-0.1, -0.05) is 19.8 Å². The molecule has 12 heavy (non-hydrogen) atoms. The first kappa shape index (κ1) is 14.9. The van der Waals surface area contributed by atoms with E-state index in [2.05, 4.69) is 22.5 Å². The molecule has 4 nitrogen and oxygen atoms in total. The Hall–Kier alpha value is 0.450. The summed E-state index contributed by atoms with van der Waals surface area (Å²) in [5, 5.41) is 0. The molecule has 0 aliphatic heterocycles. The zero-order valence-electron chi connectivity index (χ0n) is 6.66. The highest BCUT2D eigenvalue weighted by Crippen LogP contribution is 1.93. The molecular formula is C5H12Cl2O4S. The summed E-state index contributed by atoms with van der Waals surface area (Å²) in [5.74, 6) is 0.827. The van der Waals surface area contributed by atoms with Crippen molar-refractivity contribution in [2.45, 2.75) is 26.2 Å². The second-order valence-electron chi connectivity index (χ2n) is 1.89. The highest BCUT2D eigenvalue weighted by molar-refractivity contribution is 7.81. The molecule has 0 aliphatic carbocycles. The van der Waals surface area contributed by atoms with E-state index in [-0.39, 0.29) is 0 Å². The first-order valence-corrected chi connectivity index (χ1v) is 5.52. The highest BCUT2D eigenvalue weighted by Gasteiger charge is 1.97. The van der Waals surface area contributed by atoms with Gasteiger partial charge in [-0.15, -0.1) is 15.3 Å². The smallest absolute Gasteiger partial charge is 0.263 e. The summed E-state index contributed by atoms with van der Waals surface area (Å²) >= 11 is 9.52. The lowest BCUT2D eigenvalue weighted by atomic mass is 10.3. The third kappa shape index (κ3) is 22.4. The second kappa shape index (κ2) is 9.54. The van der Waals surface area contributed by atoms with E-state index < -0.39 is 10.4 Å². The fraction of sp³-hybridized carbons (Fsp3) is 1.00. The van der Waals surface area contributed by atoms with Gasteiger partial charge in [0, 0.05) is 5.88 Å². The summed E-state index contributed by atoms with van der Waals surface area (Å²) in [6.07, 6.45) is 3.73. The van der Waals surface area contributed by atoms with Crippen LogP contribution in [0.3, 0.4) is 0 Å². The lowest BCUT2D eigenvalue weighted by molar-refractivity contribution is 0.400. The normalized spacial score (nSPS) is 10.3. The van der Waals surface area contributed by atoms with Crippen molar-refractivity contribution in [1.82, 2.24) is 0 Å². The van der Waals surface area contributed by atoms with Crippen LogP contribution in [-0.4, -0.2) is 18.9 Å². The van der Waals surface area contributed by atoms with Crippen LogP contribution in [0.1, 0.15) is 26.2 Å². The van der Waals surface area contributed by atoms with E-state index in [4.69, 9.17) is 16.2 Å². The maximum absolute atomic E-state index is 9.20. The van der Waals surface area contributed by atoms with Gasteiger partial charge in [0.25, 0.3) is 0 Å². The lowest BCUT2D eigenvalue weighted by Crippen LogP contribution is -1.92. The molecule has 0 fully saturated rings. The van der Waals surface area contributed by atoms with Crippen molar-refractivity contribution in [2.24, 2.45) is 0 Å². The fourth-order valence-electron chi connectivity index (χ4n) is 0.344. The average Bonchev–Trinajstić information content (AvgIpc) is 2.01. The largest absolute Gasteiger partial charge is 0.413 e. The van der Waals surface area contributed by atoms with Crippen molar-refractivity contribution < 1.29 is 16.7 Å². The van der Waals surface area contributed by atoms with Gasteiger partial charge in [0.1, 0.15) is 0 Å². The van der Waals surface area contributed by atoms with E-state index in [1.54, 1.807) is 0 Å². The van der Waals surface area contributed by atoms with Crippen LogP contribution in [0, 0.1) is 0 Å². The Morgan fingerprint density at radius 3 is 1.92 bits per heavy atom. The monoisotopic (exact) mass is 238 g/mol. The number of rotatable bonds is 4. The van der Waals surface area contributed by atoms with Gasteiger partial charge in [0.2, 0.25) is 0 Å².